The second kappa shape index (κ2) is 13.5. The summed E-state index contributed by atoms with van der Waals surface area (Å²) >= 11 is 0. The number of nitrogens with zero attached hydrogens (tertiary/aromatic N) is 1. The number of rotatable bonds is 9. The van der Waals surface area contributed by atoms with Crippen molar-refractivity contribution in [2.24, 2.45) is 0 Å². The second-order valence-electron chi connectivity index (χ2n) is 5.34. The number of methoxy groups -OCH3 is 1. The van der Waals surface area contributed by atoms with Crippen LogP contribution in [0.3, 0.4) is 0 Å². The van der Waals surface area contributed by atoms with Crippen LogP contribution in [0.4, 0.5) is 0 Å². The van der Waals surface area contributed by atoms with E-state index in [9.17, 15) is 4.79 Å². The first-order valence-corrected chi connectivity index (χ1v) is 8.89. The topological polar surface area (TPSA) is 89.5 Å². The Morgan fingerprint density at radius 1 is 1.27 bits per heavy atom. The van der Waals surface area contributed by atoms with Crippen molar-refractivity contribution in [2.75, 3.05) is 46.6 Å². The molecule has 0 aromatic heterocycles. The lowest BCUT2D eigenvalue weighted by Gasteiger charge is -2.27. The summed E-state index contributed by atoms with van der Waals surface area (Å²) in [5.41, 5.74) is 3.08. The summed E-state index contributed by atoms with van der Waals surface area (Å²) in [6.07, 6.45) is 0.590. The van der Waals surface area contributed by atoms with E-state index in [1.54, 1.807) is 17.8 Å². The van der Waals surface area contributed by atoms with Gasteiger partial charge in [0, 0.05) is 31.6 Å². The van der Waals surface area contributed by atoms with Crippen molar-refractivity contribution in [3.63, 3.8) is 0 Å². The van der Waals surface area contributed by atoms with Crippen molar-refractivity contribution in [3.05, 3.63) is 29.3 Å². The molecule has 2 N–H and O–H groups in total. The van der Waals surface area contributed by atoms with Crippen LogP contribution in [-0.4, -0.2) is 62.7 Å². The van der Waals surface area contributed by atoms with Gasteiger partial charge in [0.2, 0.25) is 0 Å². The number of morpholine rings is 1. The normalized spacial score (nSPS) is 14.3. The van der Waals surface area contributed by atoms with E-state index in [1.807, 2.05) is 19.9 Å². The number of carbonyl (C=O) groups excluding carboxylic acids is 1. The van der Waals surface area contributed by atoms with Crippen molar-refractivity contribution in [2.45, 2.75) is 26.8 Å². The highest BCUT2D eigenvalue weighted by Crippen LogP contribution is 2.23. The fourth-order valence-electron chi connectivity index (χ4n) is 2.42. The molecule has 0 amide bonds. The fourth-order valence-corrected chi connectivity index (χ4v) is 2.42. The lowest BCUT2D eigenvalue weighted by atomic mass is 10.1. The summed E-state index contributed by atoms with van der Waals surface area (Å²) in [6, 6.07) is 5.34. The minimum absolute atomic E-state index is 0.311. The highest BCUT2D eigenvalue weighted by atomic mass is 16.8. The van der Waals surface area contributed by atoms with Gasteiger partial charge >= 0.3 is 5.97 Å². The molecular weight excluding hydrogens is 340 g/mol. The molecule has 0 aliphatic carbocycles. The molecule has 26 heavy (non-hydrogen) atoms. The molecule has 1 aromatic carbocycles. The third-order valence-corrected chi connectivity index (χ3v) is 3.70. The van der Waals surface area contributed by atoms with Gasteiger partial charge in [-0.3, -0.25) is 14.9 Å². The van der Waals surface area contributed by atoms with Gasteiger partial charge in [0.1, 0.15) is 5.75 Å². The zero-order valence-electron chi connectivity index (χ0n) is 15.8. The van der Waals surface area contributed by atoms with Crippen LogP contribution < -0.4 is 10.4 Å². The molecular formula is C18H30N2O6. The third kappa shape index (κ3) is 7.67. The molecule has 1 heterocycles. The number of benzene rings is 1. The maximum absolute atomic E-state index is 11.7. The van der Waals surface area contributed by atoms with Gasteiger partial charge in [0.05, 0.1) is 39.1 Å². The molecule has 1 aromatic rings. The minimum Gasteiger partial charge on any atom is -0.493 e. The monoisotopic (exact) mass is 370 g/mol. The minimum atomic E-state index is -0.398. The lowest BCUT2D eigenvalue weighted by Crippen LogP contribution is -2.35. The predicted octanol–water partition coefficient (Wildman–Crippen LogP) is 2.01. The molecule has 1 aliphatic rings. The maximum atomic E-state index is 11.7. The molecule has 2 rings (SSSR count). The zero-order valence-corrected chi connectivity index (χ0v) is 15.8. The standard InChI is InChI=1S/C16H24N2O6.C2H6/c1-21-16(19)13-3-4-14(12-18-5-9-22-10-6-18)15(11-13)23-7-2-8-24-17-20;1-2/h3-4,11,17,20H,2,5-10,12H2,1H3;1-2H3. The second-order valence-corrected chi connectivity index (χ2v) is 5.34. The Hall–Kier alpha value is -1.71. The molecule has 8 nitrogen and oxygen atoms in total. The van der Waals surface area contributed by atoms with Crippen molar-refractivity contribution < 1.29 is 29.0 Å². The van der Waals surface area contributed by atoms with Crippen LogP contribution in [0.5, 0.6) is 5.75 Å². The Morgan fingerprint density at radius 2 is 2.00 bits per heavy atom. The summed E-state index contributed by atoms with van der Waals surface area (Å²) < 4.78 is 15.9. The van der Waals surface area contributed by atoms with Crippen LogP contribution in [0.25, 0.3) is 0 Å². The number of esters is 1. The summed E-state index contributed by atoms with van der Waals surface area (Å²) in [5.74, 6) is 0.256. The van der Waals surface area contributed by atoms with Gasteiger partial charge in [0.25, 0.3) is 0 Å². The number of nitrogens with one attached hydrogen (secondary N) is 1. The molecule has 0 bridgehead atoms. The molecule has 0 radical (unpaired) electrons. The summed E-state index contributed by atoms with van der Waals surface area (Å²) in [7, 11) is 1.35. The maximum Gasteiger partial charge on any atom is 0.337 e. The van der Waals surface area contributed by atoms with Gasteiger partial charge < -0.3 is 14.2 Å². The van der Waals surface area contributed by atoms with Crippen molar-refractivity contribution in [1.29, 1.82) is 0 Å². The molecule has 0 spiro atoms. The third-order valence-electron chi connectivity index (χ3n) is 3.70. The highest BCUT2D eigenvalue weighted by Gasteiger charge is 2.16. The van der Waals surface area contributed by atoms with E-state index in [0.717, 1.165) is 38.4 Å². The average Bonchev–Trinajstić information content (AvgIpc) is 2.70. The Morgan fingerprint density at radius 3 is 2.65 bits per heavy atom. The summed E-state index contributed by atoms with van der Waals surface area (Å²) in [4.78, 5) is 18.6. The van der Waals surface area contributed by atoms with E-state index in [4.69, 9.17) is 19.4 Å². The Balaban J connectivity index is 0.00000163. The fraction of sp³-hybridized carbons (Fsp3) is 0.611. The molecule has 0 unspecified atom stereocenters. The molecule has 8 heteroatoms. The smallest absolute Gasteiger partial charge is 0.337 e. The largest absolute Gasteiger partial charge is 0.493 e. The quantitative estimate of drug-likeness (QED) is 0.388. The Labute approximate surface area is 154 Å². The van der Waals surface area contributed by atoms with Crippen molar-refractivity contribution in [3.8, 4) is 5.75 Å². The molecule has 1 saturated heterocycles. The Bertz CT molecular complexity index is 520. The van der Waals surface area contributed by atoms with E-state index in [0.29, 0.717) is 30.9 Å². The van der Waals surface area contributed by atoms with Crippen LogP contribution in [0.2, 0.25) is 0 Å². The van der Waals surface area contributed by atoms with Crippen LogP contribution in [0.1, 0.15) is 36.2 Å². The van der Waals surface area contributed by atoms with Crippen LogP contribution in [-0.2, 0) is 20.9 Å². The van der Waals surface area contributed by atoms with Gasteiger partial charge in [-0.25, -0.2) is 4.79 Å². The first-order chi connectivity index (χ1) is 12.7. The van der Waals surface area contributed by atoms with Crippen molar-refractivity contribution in [1.82, 2.24) is 10.5 Å². The van der Waals surface area contributed by atoms with Gasteiger partial charge in [-0.2, -0.15) is 0 Å². The van der Waals surface area contributed by atoms with Crippen LogP contribution in [0, 0.1) is 0 Å². The van der Waals surface area contributed by atoms with Gasteiger partial charge in [-0.1, -0.05) is 25.6 Å². The van der Waals surface area contributed by atoms with Gasteiger partial charge in [0.15, 0.2) is 0 Å². The van der Waals surface area contributed by atoms with Gasteiger partial charge in [-0.05, 0) is 12.1 Å². The van der Waals surface area contributed by atoms with E-state index in [2.05, 4.69) is 9.74 Å². The van der Waals surface area contributed by atoms with Crippen LogP contribution in [0.15, 0.2) is 18.2 Å². The first kappa shape index (κ1) is 22.3. The SMILES string of the molecule is CC.COC(=O)c1ccc(CN2CCOCC2)c(OCCCONO)c1. The molecule has 1 fully saturated rings. The predicted molar refractivity (Wildman–Crippen MR) is 96.2 cm³/mol. The molecule has 0 saturated carbocycles. The molecule has 1 aliphatic heterocycles. The van der Waals surface area contributed by atoms with E-state index in [-0.39, 0.29) is 0 Å². The number of hydrogen-bond acceptors (Lipinski definition) is 8. The Kier molecular flexibility index (Phi) is 11.6. The van der Waals surface area contributed by atoms with E-state index < -0.39 is 5.97 Å². The zero-order chi connectivity index (χ0) is 19.2. The summed E-state index contributed by atoms with van der Waals surface area (Å²) in [5, 5.41) is 8.35. The number of carbonyl (C=O) groups is 1. The van der Waals surface area contributed by atoms with Crippen molar-refractivity contribution >= 4 is 5.97 Å². The highest BCUT2D eigenvalue weighted by molar-refractivity contribution is 5.89. The number of hydrogen-bond donors (Lipinski definition) is 2. The van der Waals surface area contributed by atoms with Gasteiger partial charge in [-0.15, -0.1) is 0 Å². The molecule has 0 atom stereocenters. The van der Waals surface area contributed by atoms with E-state index >= 15 is 0 Å². The molecule has 148 valence electrons. The average molecular weight is 370 g/mol. The summed E-state index contributed by atoms with van der Waals surface area (Å²) in [6.45, 7) is 8.63. The number of ether oxygens (including phenoxy) is 3. The van der Waals surface area contributed by atoms with Crippen LogP contribution >= 0.6 is 0 Å². The first-order valence-electron chi connectivity index (χ1n) is 8.89. The lowest BCUT2D eigenvalue weighted by molar-refractivity contribution is -0.128. The van der Waals surface area contributed by atoms with E-state index in [1.165, 1.54) is 7.11 Å².